The Labute approximate surface area is 142 Å². The molecule has 1 aromatic carbocycles. The van der Waals surface area contributed by atoms with E-state index >= 15 is 0 Å². The molecule has 0 bridgehead atoms. The fourth-order valence-corrected chi connectivity index (χ4v) is 2.90. The first-order valence-electron chi connectivity index (χ1n) is 8.11. The number of aliphatic hydroxyl groups is 1. The van der Waals surface area contributed by atoms with Gasteiger partial charge in [-0.3, -0.25) is 0 Å². The van der Waals surface area contributed by atoms with Gasteiger partial charge in [0.05, 0.1) is 0 Å². The van der Waals surface area contributed by atoms with Gasteiger partial charge >= 0.3 is 0 Å². The van der Waals surface area contributed by atoms with Crippen LogP contribution in [0.1, 0.15) is 42.0 Å². The van der Waals surface area contributed by atoms with Gasteiger partial charge in [0.15, 0.2) is 0 Å². The van der Waals surface area contributed by atoms with Crippen molar-refractivity contribution < 1.29 is 18.7 Å². The van der Waals surface area contributed by atoms with E-state index in [1.54, 1.807) is 26.2 Å². The lowest BCUT2D eigenvalue weighted by atomic mass is 9.95. The van der Waals surface area contributed by atoms with Crippen LogP contribution in [-0.4, -0.2) is 25.4 Å². The zero-order valence-corrected chi connectivity index (χ0v) is 14.7. The maximum absolute atomic E-state index is 13.1. The Hall–Kier alpha value is -1.69. The lowest BCUT2D eigenvalue weighted by Gasteiger charge is -2.27. The molecule has 5 heteroatoms. The summed E-state index contributed by atoms with van der Waals surface area (Å²) in [6.07, 6.45) is 0.724. The Kier molecular flexibility index (Phi) is 6.15. The molecule has 2 N–H and O–H groups in total. The maximum Gasteiger partial charge on any atom is 0.123 e. The van der Waals surface area contributed by atoms with E-state index in [1.165, 1.54) is 12.1 Å². The van der Waals surface area contributed by atoms with Gasteiger partial charge in [0.1, 0.15) is 22.9 Å². The summed E-state index contributed by atoms with van der Waals surface area (Å²) >= 11 is 0. The van der Waals surface area contributed by atoms with Gasteiger partial charge in [-0.15, -0.1) is 0 Å². The van der Waals surface area contributed by atoms with Crippen molar-refractivity contribution in [1.82, 2.24) is 5.32 Å². The second kappa shape index (κ2) is 7.92. The van der Waals surface area contributed by atoms with Gasteiger partial charge in [-0.05, 0) is 51.0 Å². The molecule has 1 heterocycles. The maximum atomic E-state index is 13.1. The molecule has 0 saturated carbocycles. The molecule has 132 valence electrons. The number of methoxy groups -OCH3 is 1. The van der Waals surface area contributed by atoms with Crippen LogP contribution < -0.4 is 5.32 Å². The minimum Gasteiger partial charge on any atom is -0.466 e. The number of furan rings is 1. The second-order valence-corrected chi connectivity index (χ2v) is 6.37. The van der Waals surface area contributed by atoms with Gasteiger partial charge in [0.25, 0.3) is 0 Å². The van der Waals surface area contributed by atoms with E-state index < -0.39 is 5.60 Å². The molecule has 0 aliphatic heterocycles. The number of halogens is 1. The van der Waals surface area contributed by atoms with Crippen LogP contribution in [0.2, 0.25) is 0 Å². The standard InChI is InChI=1S/C19H26FNO3/c1-13-11-17(14(2)24-13)19(3,22)12-21-18(9-10-23-4)15-5-7-16(20)8-6-15/h5-8,11,18,21-22H,9-10,12H2,1-4H3. The molecule has 0 spiro atoms. The predicted molar refractivity (Wildman–Crippen MR) is 91.4 cm³/mol. The average molecular weight is 335 g/mol. The molecule has 0 aliphatic rings. The number of aryl methyl sites for hydroxylation is 2. The minimum absolute atomic E-state index is 0.0367. The summed E-state index contributed by atoms with van der Waals surface area (Å²) in [5, 5.41) is 14.2. The molecule has 4 nitrogen and oxygen atoms in total. The van der Waals surface area contributed by atoms with E-state index in [9.17, 15) is 9.50 Å². The zero-order valence-electron chi connectivity index (χ0n) is 14.7. The van der Waals surface area contributed by atoms with Crippen LogP contribution in [0.3, 0.4) is 0 Å². The summed E-state index contributed by atoms with van der Waals surface area (Å²) in [6, 6.07) is 8.22. The summed E-state index contributed by atoms with van der Waals surface area (Å²) < 4.78 is 23.8. The molecule has 2 rings (SSSR count). The van der Waals surface area contributed by atoms with Gasteiger partial charge in [-0.25, -0.2) is 4.39 Å². The molecule has 2 unspecified atom stereocenters. The second-order valence-electron chi connectivity index (χ2n) is 6.37. The van der Waals surface area contributed by atoms with Crippen LogP contribution in [0, 0.1) is 19.7 Å². The van der Waals surface area contributed by atoms with Crippen molar-refractivity contribution in [3.8, 4) is 0 Å². The first kappa shape index (κ1) is 18.6. The van der Waals surface area contributed by atoms with Crippen LogP contribution in [0.15, 0.2) is 34.7 Å². The number of rotatable bonds is 8. The highest BCUT2D eigenvalue weighted by Gasteiger charge is 2.28. The summed E-state index contributed by atoms with van der Waals surface area (Å²) in [4.78, 5) is 0. The summed E-state index contributed by atoms with van der Waals surface area (Å²) in [5.41, 5.74) is 0.675. The molecular formula is C19H26FNO3. The number of hydrogen-bond acceptors (Lipinski definition) is 4. The molecule has 1 aromatic heterocycles. The van der Waals surface area contributed by atoms with Gasteiger partial charge in [-0.2, -0.15) is 0 Å². The molecule has 2 aromatic rings. The molecule has 0 aliphatic carbocycles. The van der Waals surface area contributed by atoms with E-state index in [2.05, 4.69) is 5.32 Å². The Morgan fingerprint density at radius 3 is 2.50 bits per heavy atom. The van der Waals surface area contributed by atoms with E-state index in [4.69, 9.17) is 9.15 Å². The van der Waals surface area contributed by atoms with Crippen molar-refractivity contribution in [3.05, 3.63) is 58.8 Å². The van der Waals surface area contributed by atoms with Crippen LogP contribution in [0.25, 0.3) is 0 Å². The Bertz CT molecular complexity index is 649. The summed E-state index contributed by atoms with van der Waals surface area (Å²) in [5.74, 6) is 1.23. The topological polar surface area (TPSA) is 54.6 Å². The lowest BCUT2D eigenvalue weighted by molar-refractivity contribution is 0.0506. The van der Waals surface area contributed by atoms with Gasteiger partial charge in [0, 0.05) is 31.9 Å². The third-order valence-corrected chi connectivity index (χ3v) is 4.20. The Morgan fingerprint density at radius 2 is 1.96 bits per heavy atom. The van der Waals surface area contributed by atoms with Crippen molar-refractivity contribution in [3.63, 3.8) is 0 Å². The van der Waals surface area contributed by atoms with E-state index in [0.29, 0.717) is 13.2 Å². The average Bonchev–Trinajstić information content (AvgIpc) is 2.88. The fraction of sp³-hybridized carbons (Fsp3) is 0.474. The number of benzene rings is 1. The summed E-state index contributed by atoms with van der Waals surface area (Å²) in [7, 11) is 1.65. The molecule has 0 saturated heterocycles. The molecule has 0 fully saturated rings. The van der Waals surface area contributed by atoms with Gasteiger partial charge < -0.3 is 19.6 Å². The monoisotopic (exact) mass is 335 g/mol. The minimum atomic E-state index is -1.06. The number of ether oxygens (including phenoxy) is 1. The molecule has 2 atom stereocenters. The van der Waals surface area contributed by atoms with Gasteiger partial charge in [0.2, 0.25) is 0 Å². The molecule has 0 radical (unpaired) electrons. The van der Waals surface area contributed by atoms with Crippen molar-refractivity contribution in [2.24, 2.45) is 0 Å². The number of hydrogen-bond donors (Lipinski definition) is 2. The SMILES string of the molecule is COCCC(NCC(C)(O)c1cc(C)oc1C)c1ccc(F)cc1. The molecule has 0 amide bonds. The van der Waals surface area contributed by atoms with Crippen molar-refractivity contribution in [2.75, 3.05) is 20.3 Å². The van der Waals surface area contributed by atoms with Crippen LogP contribution >= 0.6 is 0 Å². The largest absolute Gasteiger partial charge is 0.466 e. The third kappa shape index (κ3) is 4.66. The van der Waals surface area contributed by atoms with E-state index in [-0.39, 0.29) is 11.9 Å². The van der Waals surface area contributed by atoms with Crippen molar-refractivity contribution in [1.29, 1.82) is 0 Å². The normalized spacial score (nSPS) is 15.2. The van der Waals surface area contributed by atoms with Crippen LogP contribution in [-0.2, 0) is 10.3 Å². The van der Waals surface area contributed by atoms with E-state index in [1.807, 2.05) is 19.9 Å². The quantitative estimate of drug-likeness (QED) is 0.774. The Morgan fingerprint density at radius 1 is 1.29 bits per heavy atom. The highest BCUT2D eigenvalue weighted by Crippen LogP contribution is 2.27. The van der Waals surface area contributed by atoms with E-state index in [0.717, 1.165) is 29.1 Å². The molecule has 24 heavy (non-hydrogen) atoms. The highest BCUT2D eigenvalue weighted by atomic mass is 19.1. The van der Waals surface area contributed by atoms with Crippen LogP contribution in [0.5, 0.6) is 0 Å². The smallest absolute Gasteiger partial charge is 0.123 e. The highest BCUT2D eigenvalue weighted by molar-refractivity contribution is 5.27. The number of nitrogens with one attached hydrogen (secondary N) is 1. The third-order valence-electron chi connectivity index (χ3n) is 4.20. The fourth-order valence-electron chi connectivity index (χ4n) is 2.90. The Balaban J connectivity index is 2.11. The predicted octanol–water partition coefficient (Wildman–Crippen LogP) is 3.61. The lowest BCUT2D eigenvalue weighted by Crippen LogP contribution is -2.38. The van der Waals surface area contributed by atoms with Gasteiger partial charge in [-0.1, -0.05) is 12.1 Å². The molecular weight excluding hydrogens is 309 g/mol. The van der Waals surface area contributed by atoms with Crippen molar-refractivity contribution in [2.45, 2.75) is 38.8 Å². The first-order chi connectivity index (χ1) is 11.3. The first-order valence-corrected chi connectivity index (χ1v) is 8.11. The summed E-state index contributed by atoms with van der Waals surface area (Å²) in [6.45, 7) is 6.38. The zero-order chi connectivity index (χ0) is 17.7. The van der Waals surface area contributed by atoms with Crippen molar-refractivity contribution >= 4 is 0 Å². The van der Waals surface area contributed by atoms with Crippen LogP contribution in [0.4, 0.5) is 4.39 Å².